The van der Waals surface area contributed by atoms with Crippen LogP contribution in [0.25, 0.3) is 6.08 Å². The molecule has 0 radical (unpaired) electrons. The van der Waals surface area contributed by atoms with Crippen LogP contribution in [0.2, 0.25) is 0 Å². The summed E-state index contributed by atoms with van der Waals surface area (Å²) in [6.45, 7) is 5.79. The fraction of sp³-hybridized carbons (Fsp3) is 0.500. The Labute approximate surface area is 115 Å². The second-order valence-corrected chi connectivity index (χ2v) is 5.87. The van der Waals surface area contributed by atoms with Crippen molar-refractivity contribution in [2.75, 3.05) is 6.61 Å². The van der Waals surface area contributed by atoms with Crippen LogP contribution >= 0.6 is 0 Å². The van der Waals surface area contributed by atoms with Crippen LogP contribution in [0.3, 0.4) is 0 Å². The zero-order valence-corrected chi connectivity index (χ0v) is 11.9. The Bertz CT molecular complexity index is 474. The van der Waals surface area contributed by atoms with Gasteiger partial charge in [-0.05, 0) is 43.9 Å². The highest BCUT2D eigenvalue weighted by Crippen LogP contribution is 2.28. The molecule has 1 aromatic carbocycles. The summed E-state index contributed by atoms with van der Waals surface area (Å²) in [6, 6.07) is 6.59. The van der Waals surface area contributed by atoms with Crippen molar-refractivity contribution in [1.29, 1.82) is 0 Å². The average molecular weight is 261 g/mol. The lowest BCUT2D eigenvalue weighted by molar-refractivity contribution is 0.134. The molecular formula is C16H23NO2. The Morgan fingerprint density at radius 1 is 1.42 bits per heavy atom. The molecule has 19 heavy (non-hydrogen) atoms. The Morgan fingerprint density at radius 3 is 2.79 bits per heavy atom. The van der Waals surface area contributed by atoms with Gasteiger partial charge < -0.3 is 15.5 Å². The number of aliphatic hydroxyl groups excluding tert-OH is 1. The average Bonchev–Trinajstić information content (AvgIpc) is 2.35. The molecule has 0 bridgehead atoms. The van der Waals surface area contributed by atoms with Crippen LogP contribution in [0, 0.1) is 0 Å². The summed E-state index contributed by atoms with van der Waals surface area (Å²) in [5.74, 6) is 0. The molecule has 0 saturated carbocycles. The molecule has 0 amide bonds. The third-order valence-electron chi connectivity index (χ3n) is 3.54. The van der Waals surface area contributed by atoms with E-state index in [-0.39, 0.29) is 18.7 Å². The van der Waals surface area contributed by atoms with E-state index >= 15 is 0 Å². The van der Waals surface area contributed by atoms with Crippen molar-refractivity contribution in [2.45, 2.75) is 44.9 Å². The van der Waals surface area contributed by atoms with Gasteiger partial charge in [-0.15, -0.1) is 0 Å². The minimum atomic E-state index is -0.808. The molecule has 0 unspecified atom stereocenters. The molecule has 0 aliphatic carbocycles. The summed E-state index contributed by atoms with van der Waals surface area (Å²) in [7, 11) is 0. The zero-order valence-electron chi connectivity index (χ0n) is 11.9. The number of fused-ring (bicyclic) bond motifs is 1. The van der Waals surface area contributed by atoms with Crippen molar-refractivity contribution in [3.8, 4) is 0 Å². The number of hydrogen-bond acceptors (Lipinski definition) is 3. The number of nitrogens with one attached hydrogen (secondary N) is 1. The second kappa shape index (κ2) is 5.45. The molecule has 1 heterocycles. The molecule has 2 rings (SSSR count). The van der Waals surface area contributed by atoms with Gasteiger partial charge >= 0.3 is 0 Å². The Balaban J connectivity index is 2.37. The predicted octanol–water partition coefficient (Wildman–Crippen LogP) is 2.04. The van der Waals surface area contributed by atoms with Crippen LogP contribution in [0.5, 0.6) is 0 Å². The Kier molecular flexibility index (Phi) is 4.09. The number of rotatable bonds is 3. The van der Waals surface area contributed by atoms with Gasteiger partial charge in [0.25, 0.3) is 0 Å². The van der Waals surface area contributed by atoms with E-state index in [1.165, 1.54) is 11.1 Å². The summed E-state index contributed by atoms with van der Waals surface area (Å²) in [5, 5.41) is 22.6. The number of benzene rings is 1. The molecule has 0 saturated heterocycles. The van der Waals surface area contributed by atoms with Gasteiger partial charge in [-0.1, -0.05) is 30.4 Å². The van der Waals surface area contributed by atoms with E-state index in [9.17, 15) is 10.2 Å². The van der Waals surface area contributed by atoms with Crippen LogP contribution in [0.1, 0.15) is 43.5 Å². The maximum atomic E-state index is 9.79. The standard InChI is InChI=1S/C16H23NO2/c1-11-14-6-4-5-12(7-8-16(2,3)19)15(14)9-13(10-18)17-11/h4-8,11,13,17-19H,9-10H2,1-3H3/b8-7+/t11-,13+/m0/s1. The van der Waals surface area contributed by atoms with E-state index < -0.39 is 5.60 Å². The quantitative estimate of drug-likeness (QED) is 0.780. The molecule has 104 valence electrons. The van der Waals surface area contributed by atoms with Crippen LogP contribution in [-0.2, 0) is 6.42 Å². The molecule has 0 fully saturated rings. The van der Waals surface area contributed by atoms with Gasteiger partial charge in [-0.25, -0.2) is 0 Å². The monoisotopic (exact) mass is 261 g/mol. The van der Waals surface area contributed by atoms with Crippen molar-refractivity contribution < 1.29 is 10.2 Å². The molecule has 2 atom stereocenters. The first kappa shape index (κ1) is 14.3. The normalized spacial score (nSPS) is 23.6. The number of hydrogen-bond donors (Lipinski definition) is 3. The molecule has 1 aliphatic heterocycles. The minimum Gasteiger partial charge on any atom is -0.395 e. The first-order valence-corrected chi connectivity index (χ1v) is 6.81. The molecular weight excluding hydrogens is 238 g/mol. The fourth-order valence-corrected chi connectivity index (χ4v) is 2.58. The molecule has 0 spiro atoms. The second-order valence-electron chi connectivity index (χ2n) is 5.87. The molecule has 3 N–H and O–H groups in total. The van der Waals surface area contributed by atoms with Crippen molar-refractivity contribution in [3.05, 3.63) is 41.0 Å². The van der Waals surface area contributed by atoms with Gasteiger partial charge in [-0.2, -0.15) is 0 Å². The fourth-order valence-electron chi connectivity index (χ4n) is 2.58. The molecule has 1 aliphatic rings. The Hall–Kier alpha value is -1.16. The zero-order chi connectivity index (χ0) is 14.0. The summed E-state index contributed by atoms with van der Waals surface area (Å²) >= 11 is 0. The van der Waals surface area contributed by atoms with Crippen LogP contribution in [0.15, 0.2) is 24.3 Å². The first-order valence-electron chi connectivity index (χ1n) is 6.81. The van der Waals surface area contributed by atoms with Gasteiger partial charge in [0.1, 0.15) is 0 Å². The van der Waals surface area contributed by atoms with Crippen molar-refractivity contribution >= 4 is 6.08 Å². The van der Waals surface area contributed by atoms with Crippen molar-refractivity contribution in [2.24, 2.45) is 0 Å². The Morgan fingerprint density at radius 2 is 2.16 bits per heavy atom. The van der Waals surface area contributed by atoms with Gasteiger partial charge in [0.15, 0.2) is 0 Å². The van der Waals surface area contributed by atoms with Crippen LogP contribution < -0.4 is 5.32 Å². The molecule has 0 aromatic heterocycles. The molecule has 1 aromatic rings. The maximum Gasteiger partial charge on any atom is 0.0774 e. The highest BCUT2D eigenvalue weighted by Gasteiger charge is 2.24. The van der Waals surface area contributed by atoms with Crippen molar-refractivity contribution in [1.82, 2.24) is 5.32 Å². The summed E-state index contributed by atoms with van der Waals surface area (Å²) in [5.41, 5.74) is 2.87. The van der Waals surface area contributed by atoms with Gasteiger partial charge in [0, 0.05) is 12.1 Å². The SMILES string of the molecule is C[C@@H]1N[C@@H](CO)Cc2c(/C=C/C(C)(C)O)cccc21. The lowest BCUT2D eigenvalue weighted by Crippen LogP contribution is -2.41. The maximum absolute atomic E-state index is 9.79. The summed E-state index contributed by atoms with van der Waals surface area (Å²) in [6.07, 6.45) is 4.61. The van der Waals surface area contributed by atoms with Gasteiger partial charge in [0.2, 0.25) is 0 Å². The minimum absolute atomic E-state index is 0.110. The summed E-state index contributed by atoms with van der Waals surface area (Å²) in [4.78, 5) is 0. The topological polar surface area (TPSA) is 52.5 Å². The van der Waals surface area contributed by atoms with E-state index in [4.69, 9.17) is 0 Å². The van der Waals surface area contributed by atoms with E-state index in [1.54, 1.807) is 13.8 Å². The van der Waals surface area contributed by atoms with Gasteiger partial charge in [0.05, 0.1) is 12.2 Å². The largest absolute Gasteiger partial charge is 0.395 e. The van der Waals surface area contributed by atoms with E-state index in [0.29, 0.717) is 0 Å². The highest BCUT2D eigenvalue weighted by molar-refractivity contribution is 5.58. The highest BCUT2D eigenvalue weighted by atomic mass is 16.3. The van der Waals surface area contributed by atoms with E-state index in [0.717, 1.165) is 12.0 Å². The lowest BCUT2D eigenvalue weighted by atomic mass is 9.87. The van der Waals surface area contributed by atoms with E-state index in [1.807, 2.05) is 18.2 Å². The molecule has 3 heteroatoms. The van der Waals surface area contributed by atoms with E-state index in [2.05, 4.69) is 24.4 Å². The first-order chi connectivity index (χ1) is 8.90. The summed E-state index contributed by atoms with van der Waals surface area (Å²) < 4.78 is 0. The number of aliphatic hydroxyl groups is 2. The molecule has 3 nitrogen and oxygen atoms in total. The smallest absolute Gasteiger partial charge is 0.0774 e. The van der Waals surface area contributed by atoms with Crippen LogP contribution in [-0.4, -0.2) is 28.5 Å². The lowest BCUT2D eigenvalue weighted by Gasteiger charge is -2.31. The van der Waals surface area contributed by atoms with Crippen LogP contribution in [0.4, 0.5) is 0 Å². The third kappa shape index (κ3) is 3.44. The predicted molar refractivity (Wildman–Crippen MR) is 77.9 cm³/mol. The van der Waals surface area contributed by atoms with Gasteiger partial charge in [-0.3, -0.25) is 0 Å². The van der Waals surface area contributed by atoms with Crippen molar-refractivity contribution in [3.63, 3.8) is 0 Å². The third-order valence-corrected chi connectivity index (χ3v) is 3.54.